The van der Waals surface area contributed by atoms with Crippen LogP contribution >= 0.6 is 0 Å². The van der Waals surface area contributed by atoms with Crippen LogP contribution in [-0.2, 0) is 20.7 Å². The summed E-state index contributed by atoms with van der Waals surface area (Å²) in [5.74, 6) is -0.234. The lowest BCUT2D eigenvalue weighted by Gasteiger charge is -2.30. The summed E-state index contributed by atoms with van der Waals surface area (Å²) in [6.45, 7) is 3.72. The van der Waals surface area contributed by atoms with Gasteiger partial charge in [-0.1, -0.05) is 30.3 Å². The quantitative estimate of drug-likeness (QED) is 0.728. The van der Waals surface area contributed by atoms with Gasteiger partial charge in [0.15, 0.2) is 0 Å². The highest BCUT2D eigenvalue weighted by Gasteiger charge is 2.37. The molecule has 0 heterocycles. The number of hydrogen-bond acceptors (Lipinski definition) is 3. The molecule has 0 N–H and O–H groups in total. The van der Waals surface area contributed by atoms with Gasteiger partial charge in [0.2, 0.25) is 0 Å². The van der Waals surface area contributed by atoms with Gasteiger partial charge >= 0.3 is 5.97 Å². The number of methoxy groups -OCH3 is 2. The van der Waals surface area contributed by atoms with Gasteiger partial charge in [0.25, 0.3) is 0 Å². The Hall–Kier alpha value is -1.35. The van der Waals surface area contributed by atoms with Crippen LogP contribution in [0, 0.1) is 5.41 Å². The second-order valence-electron chi connectivity index (χ2n) is 4.96. The van der Waals surface area contributed by atoms with Gasteiger partial charge in [0.05, 0.1) is 18.6 Å². The standard InChI is InChI=1S/C15H22O3/c1-15(2,14(16)18-4)13(17-3)11-10-12-8-6-5-7-9-12/h5-9,13H,10-11H2,1-4H3. The second kappa shape index (κ2) is 6.55. The van der Waals surface area contributed by atoms with Crippen molar-refractivity contribution in [3.05, 3.63) is 35.9 Å². The van der Waals surface area contributed by atoms with E-state index in [1.165, 1.54) is 12.7 Å². The van der Waals surface area contributed by atoms with E-state index < -0.39 is 5.41 Å². The summed E-state index contributed by atoms with van der Waals surface area (Å²) in [6.07, 6.45) is 1.53. The molecule has 1 rings (SSSR count). The molecule has 0 aliphatic rings. The molecular formula is C15H22O3. The lowest BCUT2D eigenvalue weighted by molar-refractivity contribution is -0.159. The molecule has 0 radical (unpaired) electrons. The van der Waals surface area contributed by atoms with Gasteiger partial charge in [-0.2, -0.15) is 0 Å². The lowest BCUT2D eigenvalue weighted by atomic mass is 9.83. The van der Waals surface area contributed by atoms with E-state index >= 15 is 0 Å². The fourth-order valence-corrected chi connectivity index (χ4v) is 2.11. The number of esters is 1. The highest BCUT2D eigenvalue weighted by Crippen LogP contribution is 2.28. The zero-order valence-electron chi connectivity index (χ0n) is 11.6. The zero-order valence-corrected chi connectivity index (χ0v) is 11.6. The van der Waals surface area contributed by atoms with Gasteiger partial charge < -0.3 is 9.47 Å². The largest absolute Gasteiger partial charge is 0.469 e. The van der Waals surface area contributed by atoms with Crippen LogP contribution in [0.4, 0.5) is 0 Å². The van der Waals surface area contributed by atoms with Gasteiger partial charge in [-0.25, -0.2) is 0 Å². The molecule has 0 amide bonds. The van der Waals surface area contributed by atoms with Crippen molar-refractivity contribution in [2.24, 2.45) is 5.41 Å². The van der Waals surface area contributed by atoms with E-state index in [1.807, 2.05) is 32.0 Å². The van der Waals surface area contributed by atoms with Crippen LogP contribution in [0.3, 0.4) is 0 Å². The molecule has 0 saturated carbocycles. The first-order valence-corrected chi connectivity index (χ1v) is 6.17. The Bertz CT molecular complexity index is 371. The van der Waals surface area contributed by atoms with Crippen LogP contribution in [-0.4, -0.2) is 26.3 Å². The molecule has 3 nitrogen and oxygen atoms in total. The summed E-state index contributed by atoms with van der Waals surface area (Å²) >= 11 is 0. The molecule has 100 valence electrons. The molecule has 0 aliphatic carbocycles. The van der Waals surface area contributed by atoms with Crippen LogP contribution in [0.1, 0.15) is 25.8 Å². The van der Waals surface area contributed by atoms with Gasteiger partial charge in [0.1, 0.15) is 0 Å². The first-order chi connectivity index (χ1) is 8.52. The molecule has 0 aromatic heterocycles. The maximum absolute atomic E-state index is 11.7. The Kier molecular flexibility index (Phi) is 5.35. The topological polar surface area (TPSA) is 35.5 Å². The van der Waals surface area contributed by atoms with E-state index in [0.29, 0.717) is 0 Å². The Morgan fingerprint density at radius 2 is 1.83 bits per heavy atom. The SMILES string of the molecule is COC(=O)C(C)(C)C(CCc1ccccc1)OC. The maximum atomic E-state index is 11.7. The molecular weight excluding hydrogens is 228 g/mol. The summed E-state index contributed by atoms with van der Waals surface area (Å²) in [7, 11) is 3.05. The summed E-state index contributed by atoms with van der Waals surface area (Å²) in [6, 6.07) is 10.2. The molecule has 1 aromatic carbocycles. The van der Waals surface area contributed by atoms with E-state index in [0.717, 1.165) is 12.8 Å². The molecule has 1 unspecified atom stereocenters. The Balaban J connectivity index is 2.65. The molecule has 1 aromatic rings. The first-order valence-electron chi connectivity index (χ1n) is 6.17. The second-order valence-corrected chi connectivity index (χ2v) is 4.96. The Labute approximate surface area is 109 Å². The van der Waals surface area contributed by atoms with E-state index in [1.54, 1.807) is 7.11 Å². The Morgan fingerprint density at radius 1 is 1.22 bits per heavy atom. The van der Waals surface area contributed by atoms with Gasteiger partial charge in [-0.15, -0.1) is 0 Å². The average molecular weight is 250 g/mol. The van der Waals surface area contributed by atoms with Crippen molar-refractivity contribution in [2.45, 2.75) is 32.8 Å². The summed E-state index contributed by atoms with van der Waals surface area (Å²) < 4.78 is 10.3. The van der Waals surface area contributed by atoms with Gasteiger partial charge in [-0.05, 0) is 32.3 Å². The van der Waals surface area contributed by atoms with Crippen LogP contribution in [0.25, 0.3) is 0 Å². The van der Waals surface area contributed by atoms with E-state index in [2.05, 4.69) is 12.1 Å². The normalized spacial score (nSPS) is 13.1. The molecule has 0 aliphatic heterocycles. The van der Waals surface area contributed by atoms with Crippen molar-refractivity contribution < 1.29 is 14.3 Å². The Morgan fingerprint density at radius 3 is 2.33 bits per heavy atom. The summed E-state index contributed by atoms with van der Waals surface area (Å²) in [4.78, 5) is 11.7. The number of benzene rings is 1. The predicted molar refractivity (Wildman–Crippen MR) is 71.4 cm³/mol. The van der Waals surface area contributed by atoms with Crippen molar-refractivity contribution in [1.29, 1.82) is 0 Å². The highest BCUT2D eigenvalue weighted by atomic mass is 16.5. The third-order valence-electron chi connectivity index (χ3n) is 3.34. The third-order valence-corrected chi connectivity index (χ3v) is 3.34. The first kappa shape index (κ1) is 14.7. The van der Waals surface area contributed by atoms with Crippen LogP contribution < -0.4 is 0 Å². The van der Waals surface area contributed by atoms with Gasteiger partial charge in [0, 0.05) is 7.11 Å². The lowest BCUT2D eigenvalue weighted by Crippen LogP contribution is -2.39. The summed E-state index contributed by atoms with van der Waals surface area (Å²) in [5.41, 5.74) is 0.623. The van der Waals surface area contributed by atoms with Crippen molar-refractivity contribution in [3.8, 4) is 0 Å². The monoisotopic (exact) mass is 250 g/mol. The number of aryl methyl sites for hydroxylation is 1. The number of carbonyl (C=O) groups is 1. The average Bonchev–Trinajstić information content (AvgIpc) is 2.39. The van der Waals surface area contributed by atoms with Crippen molar-refractivity contribution >= 4 is 5.97 Å². The number of hydrogen-bond donors (Lipinski definition) is 0. The minimum Gasteiger partial charge on any atom is -0.469 e. The number of rotatable bonds is 6. The molecule has 18 heavy (non-hydrogen) atoms. The van der Waals surface area contributed by atoms with E-state index in [-0.39, 0.29) is 12.1 Å². The zero-order chi connectivity index (χ0) is 13.6. The minimum absolute atomic E-state index is 0.148. The molecule has 0 bridgehead atoms. The molecule has 0 spiro atoms. The predicted octanol–water partition coefficient (Wildman–Crippen LogP) is 2.83. The molecule has 0 fully saturated rings. The fourth-order valence-electron chi connectivity index (χ4n) is 2.11. The van der Waals surface area contributed by atoms with E-state index in [4.69, 9.17) is 9.47 Å². The number of carbonyl (C=O) groups excluding carboxylic acids is 1. The van der Waals surface area contributed by atoms with Crippen LogP contribution in [0.5, 0.6) is 0 Å². The van der Waals surface area contributed by atoms with Crippen molar-refractivity contribution in [2.75, 3.05) is 14.2 Å². The van der Waals surface area contributed by atoms with Crippen LogP contribution in [0.15, 0.2) is 30.3 Å². The van der Waals surface area contributed by atoms with Crippen molar-refractivity contribution in [3.63, 3.8) is 0 Å². The molecule has 1 atom stereocenters. The van der Waals surface area contributed by atoms with Crippen LogP contribution in [0.2, 0.25) is 0 Å². The van der Waals surface area contributed by atoms with E-state index in [9.17, 15) is 4.79 Å². The number of ether oxygens (including phenoxy) is 2. The van der Waals surface area contributed by atoms with Crippen molar-refractivity contribution in [1.82, 2.24) is 0 Å². The molecule has 3 heteroatoms. The fraction of sp³-hybridized carbons (Fsp3) is 0.533. The molecule has 0 saturated heterocycles. The third kappa shape index (κ3) is 3.57. The van der Waals surface area contributed by atoms with Gasteiger partial charge in [-0.3, -0.25) is 4.79 Å². The smallest absolute Gasteiger partial charge is 0.313 e. The highest BCUT2D eigenvalue weighted by molar-refractivity contribution is 5.76. The summed E-state index contributed by atoms with van der Waals surface area (Å²) in [5, 5.41) is 0. The maximum Gasteiger partial charge on any atom is 0.313 e. The minimum atomic E-state index is -0.627.